The molecular formula is C16H13ClO2. The van der Waals surface area contributed by atoms with Gasteiger partial charge in [0.25, 0.3) is 0 Å². The van der Waals surface area contributed by atoms with Gasteiger partial charge in [-0.15, -0.1) is 0 Å². The van der Waals surface area contributed by atoms with Crippen LogP contribution in [0.5, 0.6) is 5.75 Å². The summed E-state index contributed by atoms with van der Waals surface area (Å²) in [5.74, 6) is 6.29. The SMILES string of the molecule is COc1ccc(C#CC(O)c2ccccc2)cc1Cl. The van der Waals surface area contributed by atoms with Crippen molar-refractivity contribution in [2.75, 3.05) is 7.11 Å². The highest BCUT2D eigenvalue weighted by Gasteiger charge is 2.02. The molecule has 0 heterocycles. The van der Waals surface area contributed by atoms with Crippen LogP contribution in [0, 0.1) is 11.8 Å². The zero-order valence-electron chi connectivity index (χ0n) is 10.4. The second kappa shape index (κ2) is 6.29. The predicted octanol–water partition coefficient (Wildman–Crippen LogP) is 3.43. The van der Waals surface area contributed by atoms with Gasteiger partial charge in [0.2, 0.25) is 0 Å². The molecule has 0 fully saturated rings. The van der Waals surface area contributed by atoms with Crippen LogP contribution >= 0.6 is 11.6 Å². The molecule has 1 unspecified atom stereocenters. The van der Waals surface area contributed by atoms with Crippen molar-refractivity contribution in [3.8, 4) is 17.6 Å². The van der Waals surface area contributed by atoms with Crippen LogP contribution in [-0.2, 0) is 0 Å². The van der Waals surface area contributed by atoms with E-state index in [1.165, 1.54) is 0 Å². The van der Waals surface area contributed by atoms with Crippen LogP contribution in [0.4, 0.5) is 0 Å². The highest BCUT2D eigenvalue weighted by molar-refractivity contribution is 6.32. The first-order chi connectivity index (χ1) is 9.20. The third-order valence-electron chi connectivity index (χ3n) is 2.62. The Hall–Kier alpha value is -1.95. The summed E-state index contributed by atoms with van der Waals surface area (Å²) in [6, 6.07) is 14.6. The quantitative estimate of drug-likeness (QED) is 0.849. The molecule has 0 amide bonds. The number of halogens is 1. The van der Waals surface area contributed by atoms with Crippen molar-refractivity contribution in [3.63, 3.8) is 0 Å². The normalized spacial score (nSPS) is 11.3. The summed E-state index contributed by atoms with van der Waals surface area (Å²) in [5, 5.41) is 10.4. The summed E-state index contributed by atoms with van der Waals surface area (Å²) in [6.07, 6.45) is -0.804. The zero-order chi connectivity index (χ0) is 13.7. The lowest BCUT2D eigenvalue weighted by Gasteiger charge is -2.03. The lowest BCUT2D eigenvalue weighted by Crippen LogP contribution is -1.92. The van der Waals surface area contributed by atoms with Crippen molar-refractivity contribution in [2.45, 2.75) is 6.10 Å². The molecule has 0 aromatic heterocycles. The summed E-state index contributed by atoms with van der Waals surface area (Å²) >= 11 is 6.01. The second-order valence-corrected chi connectivity index (χ2v) is 4.34. The molecule has 96 valence electrons. The molecule has 0 saturated heterocycles. The van der Waals surface area contributed by atoms with Crippen molar-refractivity contribution in [2.24, 2.45) is 0 Å². The fourth-order valence-electron chi connectivity index (χ4n) is 1.61. The highest BCUT2D eigenvalue weighted by Crippen LogP contribution is 2.24. The van der Waals surface area contributed by atoms with Gasteiger partial charge in [-0.2, -0.15) is 0 Å². The van der Waals surface area contributed by atoms with Crippen LogP contribution in [0.1, 0.15) is 17.2 Å². The number of benzene rings is 2. The Balaban J connectivity index is 2.18. The van der Waals surface area contributed by atoms with E-state index in [9.17, 15) is 5.11 Å². The molecule has 2 nitrogen and oxygen atoms in total. The number of ether oxygens (including phenoxy) is 1. The van der Waals surface area contributed by atoms with Crippen LogP contribution < -0.4 is 4.74 Å². The molecule has 0 spiro atoms. The smallest absolute Gasteiger partial charge is 0.140 e. The third-order valence-corrected chi connectivity index (χ3v) is 2.92. The van der Waals surface area contributed by atoms with Crippen molar-refractivity contribution < 1.29 is 9.84 Å². The van der Waals surface area contributed by atoms with Gasteiger partial charge in [-0.25, -0.2) is 0 Å². The Bertz CT molecular complexity index is 612. The molecular weight excluding hydrogens is 260 g/mol. The molecule has 0 bridgehead atoms. The van der Waals surface area contributed by atoms with E-state index in [-0.39, 0.29) is 0 Å². The monoisotopic (exact) mass is 272 g/mol. The molecule has 1 N–H and O–H groups in total. The number of hydrogen-bond acceptors (Lipinski definition) is 2. The topological polar surface area (TPSA) is 29.5 Å². The van der Waals surface area contributed by atoms with Crippen molar-refractivity contribution >= 4 is 11.6 Å². The van der Waals surface area contributed by atoms with Crippen LogP contribution in [0.3, 0.4) is 0 Å². The van der Waals surface area contributed by atoms with Gasteiger partial charge in [0, 0.05) is 5.56 Å². The number of aliphatic hydroxyl groups is 1. The standard InChI is InChI=1S/C16H13ClO2/c1-19-16-10-8-12(11-14(16)17)7-9-15(18)13-5-3-2-4-6-13/h2-6,8,10-11,15,18H,1H3. The Kier molecular flexibility index (Phi) is 4.46. The first-order valence-electron chi connectivity index (χ1n) is 5.79. The lowest BCUT2D eigenvalue weighted by atomic mass is 10.1. The minimum absolute atomic E-state index is 0.503. The average molecular weight is 273 g/mol. The molecule has 3 heteroatoms. The largest absolute Gasteiger partial charge is 0.495 e. The summed E-state index contributed by atoms with van der Waals surface area (Å²) in [4.78, 5) is 0. The number of aliphatic hydroxyl groups excluding tert-OH is 1. The highest BCUT2D eigenvalue weighted by atomic mass is 35.5. The van der Waals surface area contributed by atoms with Gasteiger partial charge in [-0.05, 0) is 23.8 Å². The molecule has 0 radical (unpaired) electrons. The van der Waals surface area contributed by atoms with Gasteiger partial charge < -0.3 is 9.84 Å². The summed E-state index contributed by atoms with van der Waals surface area (Å²) in [6.45, 7) is 0. The van der Waals surface area contributed by atoms with Gasteiger partial charge in [0.1, 0.15) is 11.9 Å². The molecule has 2 aromatic rings. The maximum Gasteiger partial charge on any atom is 0.140 e. The van der Waals surface area contributed by atoms with E-state index in [0.29, 0.717) is 10.8 Å². The second-order valence-electron chi connectivity index (χ2n) is 3.93. The van der Waals surface area contributed by atoms with Crippen molar-refractivity contribution in [1.29, 1.82) is 0 Å². The molecule has 0 aliphatic heterocycles. The third kappa shape index (κ3) is 3.51. The summed E-state index contributed by atoms with van der Waals surface area (Å²) in [7, 11) is 1.56. The van der Waals surface area contributed by atoms with Gasteiger partial charge in [0.05, 0.1) is 12.1 Å². The van der Waals surface area contributed by atoms with E-state index in [0.717, 1.165) is 11.1 Å². The predicted molar refractivity (Wildman–Crippen MR) is 76.3 cm³/mol. The molecule has 2 aromatic carbocycles. The van der Waals surface area contributed by atoms with Crippen molar-refractivity contribution in [1.82, 2.24) is 0 Å². The maximum absolute atomic E-state index is 9.92. The van der Waals surface area contributed by atoms with E-state index >= 15 is 0 Å². The van der Waals surface area contributed by atoms with Gasteiger partial charge >= 0.3 is 0 Å². The lowest BCUT2D eigenvalue weighted by molar-refractivity contribution is 0.238. The van der Waals surface area contributed by atoms with Gasteiger partial charge in [0.15, 0.2) is 0 Å². The number of methoxy groups -OCH3 is 1. The Morgan fingerprint density at radius 1 is 1.16 bits per heavy atom. The molecule has 19 heavy (non-hydrogen) atoms. The molecule has 0 aliphatic rings. The van der Waals surface area contributed by atoms with E-state index in [2.05, 4.69) is 11.8 Å². The average Bonchev–Trinajstić information content (AvgIpc) is 2.46. The van der Waals surface area contributed by atoms with Gasteiger partial charge in [-0.1, -0.05) is 53.8 Å². The van der Waals surface area contributed by atoms with Crippen LogP contribution in [-0.4, -0.2) is 12.2 Å². The van der Waals surface area contributed by atoms with E-state index in [1.807, 2.05) is 30.3 Å². The number of hydrogen-bond donors (Lipinski definition) is 1. The van der Waals surface area contributed by atoms with Gasteiger partial charge in [-0.3, -0.25) is 0 Å². The first kappa shape index (κ1) is 13.5. The zero-order valence-corrected chi connectivity index (χ0v) is 11.2. The Morgan fingerprint density at radius 2 is 1.89 bits per heavy atom. The Morgan fingerprint density at radius 3 is 2.53 bits per heavy atom. The fourth-order valence-corrected chi connectivity index (χ4v) is 1.87. The summed E-state index contributed by atoms with van der Waals surface area (Å²) < 4.78 is 5.07. The maximum atomic E-state index is 9.92. The molecule has 0 aliphatic carbocycles. The molecule has 0 saturated carbocycles. The van der Waals surface area contributed by atoms with Crippen LogP contribution in [0.25, 0.3) is 0 Å². The van der Waals surface area contributed by atoms with Crippen LogP contribution in [0.2, 0.25) is 5.02 Å². The first-order valence-corrected chi connectivity index (χ1v) is 6.16. The number of rotatable bonds is 2. The van der Waals surface area contributed by atoms with Crippen molar-refractivity contribution in [3.05, 3.63) is 64.7 Å². The fraction of sp³-hybridized carbons (Fsp3) is 0.125. The molecule has 1 atom stereocenters. The summed E-state index contributed by atoms with van der Waals surface area (Å²) in [5.41, 5.74) is 1.51. The molecule has 2 rings (SSSR count). The Labute approximate surface area is 117 Å². The van der Waals surface area contributed by atoms with Crippen LogP contribution in [0.15, 0.2) is 48.5 Å². The minimum Gasteiger partial charge on any atom is -0.495 e. The van der Waals surface area contributed by atoms with E-state index in [4.69, 9.17) is 16.3 Å². The van der Waals surface area contributed by atoms with E-state index in [1.54, 1.807) is 25.3 Å². The minimum atomic E-state index is -0.804. The van der Waals surface area contributed by atoms with E-state index < -0.39 is 6.10 Å².